The first-order valence-corrected chi connectivity index (χ1v) is 8.27. The van der Waals surface area contributed by atoms with Gasteiger partial charge in [0.2, 0.25) is 4.90 Å². The number of alkyl halides is 6. The van der Waals surface area contributed by atoms with Crippen molar-refractivity contribution in [3.8, 4) is 5.69 Å². The summed E-state index contributed by atoms with van der Waals surface area (Å²) in [6, 6.07) is 1.17. The van der Waals surface area contributed by atoms with E-state index in [2.05, 4.69) is 5.10 Å². The van der Waals surface area contributed by atoms with Crippen LogP contribution in [0.3, 0.4) is 0 Å². The van der Waals surface area contributed by atoms with Crippen molar-refractivity contribution in [3.05, 3.63) is 39.1 Å². The molecule has 0 amide bonds. The SMILES string of the molecule is Cc1nn(-c2c(Cl)cc(C(F)(F)F)cc2Cl)c(C)c1[S+]([O-])C(F)(F)F. The highest BCUT2D eigenvalue weighted by Crippen LogP contribution is 2.40. The topological polar surface area (TPSA) is 40.9 Å². The molecule has 1 aromatic heterocycles. The number of rotatable bonds is 2. The van der Waals surface area contributed by atoms with Gasteiger partial charge in [-0.15, -0.1) is 13.2 Å². The number of hydrogen-bond acceptors (Lipinski definition) is 2. The minimum Gasteiger partial charge on any atom is -0.604 e. The van der Waals surface area contributed by atoms with Crippen molar-refractivity contribution in [3.63, 3.8) is 0 Å². The number of nitrogens with zero attached hydrogens (tertiary/aromatic N) is 2. The molecule has 0 N–H and O–H groups in total. The van der Waals surface area contributed by atoms with E-state index in [0.717, 1.165) is 4.68 Å². The average Bonchev–Trinajstić information content (AvgIpc) is 2.70. The van der Waals surface area contributed by atoms with Crippen LogP contribution >= 0.6 is 23.2 Å². The molecule has 1 heterocycles. The Morgan fingerprint density at radius 1 is 1.04 bits per heavy atom. The molecule has 3 nitrogen and oxygen atoms in total. The van der Waals surface area contributed by atoms with Gasteiger partial charge in [0.05, 0.1) is 21.3 Å². The number of benzene rings is 1. The summed E-state index contributed by atoms with van der Waals surface area (Å²) in [6.45, 7) is 2.37. The maximum absolute atomic E-state index is 12.8. The molecule has 0 radical (unpaired) electrons. The van der Waals surface area contributed by atoms with Crippen molar-refractivity contribution >= 4 is 34.4 Å². The third-order valence-electron chi connectivity index (χ3n) is 3.18. The summed E-state index contributed by atoms with van der Waals surface area (Å²) in [5.74, 6) is 0. The molecule has 2 rings (SSSR count). The highest BCUT2D eigenvalue weighted by Gasteiger charge is 2.49. The predicted octanol–water partition coefficient (Wildman–Crippen LogP) is 5.44. The average molecular weight is 425 g/mol. The molecule has 0 aliphatic heterocycles. The van der Waals surface area contributed by atoms with Crippen molar-refractivity contribution in [2.75, 3.05) is 0 Å². The van der Waals surface area contributed by atoms with E-state index in [1.807, 2.05) is 0 Å². The van der Waals surface area contributed by atoms with Gasteiger partial charge < -0.3 is 4.55 Å². The van der Waals surface area contributed by atoms with Crippen molar-refractivity contribution in [2.24, 2.45) is 0 Å². The zero-order valence-corrected chi connectivity index (χ0v) is 14.7. The van der Waals surface area contributed by atoms with Gasteiger partial charge in [0.1, 0.15) is 22.6 Å². The van der Waals surface area contributed by atoms with Gasteiger partial charge in [-0.2, -0.15) is 18.3 Å². The van der Waals surface area contributed by atoms with Crippen molar-refractivity contribution in [2.45, 2.75) is 30.4 Å². The molecule has 0 aliphatic rings. The molecular weight excluding hydrogens is 417 g/mol. The molecule has 0 bridgehead atoms. The van der Waals surface area contributed by atoms with E-state index in [0.29, 0.717) is 12.1 Å². The molecule has 0 fully saturated rings. The van der Waals surface area contributed by atoms with Gasteiger partial charge in [-0.05, 0) is 26.0 Å². The quantitative estimate of drug-likeness (QED) is 0.475. The van der Waals surface area contributed by atoms with Gasteiger partial charge in [0.15, 0.2) is 0 Å². The van der Waals surface area contributed by atoms with E-state index in [1.54, 1.807) is 0 Å². The van der Waals surface area contributed by atoms with Crippen molar-refractivity contribution < 1.29 is 30.9 Å². The monoisotopic (exact) mass is 424 g/mol. The van der Waals surface area contributed by atoms with Crippen LogP contribution in [0.1, 0.15) is 17.0 Å². The minimum absolute atomic E-state index is 0.197. The Hall–Kier alpha value is -1.10. The van der Waals surface area contributed by atoms with Gasteiger partial charge in [-0.25, -0.2) is 4.68 Å². The highest BCUT2D eigenvalue weighted by molar-refractivity contribution is 7.92. The van der Waals surface area contributed by atoms with Crippen LogP contribution in [0.5, 0.6) is 0 Å². The van der Waals surface area contributed by atoms with E-state index < -0.39 is 43.4 Å². The second-order valence-corrected chi connectivity index (χ2v) is 7.14. The fourth-order valence-electron chi connectivity index (χ4n) is 2.16. The summed E-state index contributed by atoms with van der Waals surface area (Å²) in [6.07, 6.45) is -4.70. The van der Waals surface area contributed by atoms with Crippen LogP contribution in [0.25, 0.3) is 5.69 Å². The Labute approximate surface area is 150 Å². The van der Waals surface area contributed by atoms with Crippen LogP contribution in [-0.4, -0.2) is 19.8 Å². The summed E-state index contributed by atoms with van der Waals surface area (Å²) in [5.41, 5.74) is -6.77. The van der Waals surface area contributed by atoms with Gasteiger partial charge >= 0.3 is 11.7 Å². The lowest BCUT2D eigenvalue weighted by molar-refractivity contribution is -0.137. The first-order chi connectivity index (χ1) is 11.2. The maximum atomic E-state index is 12.8. The molecule has 1 aromatic carbocycles. The molecule has 25 heavy (non-hydrogen) atoms. The summed E-state index contributed by atoms with van der Waals surface area (Å²) in [4.78, 5) is -0.598. The lowest BCUT2D eigenvalue weighted by Gasteiger charge is -2.14. The number of halogens is 8. The lowest BCUT2D eigenvalue weighted by Crippen LogP contribution is -2.24. The molecule has 0 saturated heterocycles. The summed E-state index contributed by atoms with van der Waals surface area (Å²) in [7, 11) is 0. The van der Waals surface area contributed by atoms with Crippen LogP contribution in [0.15, 0.2) is 17.0 Å². The van der Waals surface area contributed by atoms with Crippen LogP contribution in [-0.2, 0) is 17.4 Å². The molecule has 1 atom stereocenters. The van der Waals surface area contributed by atoms with E-state index in [4.69, 9.17) is 23.2 Å². The maximum Gasteiger partial charge on any atom is 0.578 e. The van der Waals surface area contributed by atoms with E-state index in [9.17, 15) is 30.9 Å². The number of aryl methyl sites for hydroxylation is 1. The van der Waals surface area contributed by atoms with E-state index in [-0.39, 0.29) is 17.1 Å². The fourth-order valence-corrected chi connectivity index (χ4v) is 3.70. The molecule has 138 valence electrons. The second-order valence-electron chi connectivity index (χ2n) is 4.91. The number of hydrogen-bond donors (Lipinski definition) is 0. The van der Waals surface area contributed by atoms with Gasteiger partial charge in [-0.3, -0.25) is 0 Å². The summed E-state index contributed by atoms with van der Waals surface area (Å²) in [5, 5.41) is 2.88. The normalized spacial score (nSPS) is 14.0. The van der Waals surface area contributed by atoms with Gasteiger partial charge in [0.25, 0.3) is 0 Å². The molecule has 2 aromatic rings. The minimum atomic E-state index is -5.02. The fraction of sp³-hybridized carbons (Fsp3) is 0.308. The highest BCUT2D eigenvalue weighted by atomic mass is 35.5. The molecule has 1 unspecified atom stereocenters. The Kier molecular flexibility index (Phi) is 5.31. The Balaban J connectivity index is 2.66. The van der Waals surface area contributed by atoms with E-state index >= 15 is 0 Å². The largest absolute Gasteiger partial charge is 0.604 e. The van der Waals surface area contributed by atoms with E-state index in [1.165, 1.54) is 13.8 Å². The van der Waals surface area contributed by atoms with Gasteiger partial charge in [0, 0.05) is 0 Å². The third kappa shape index (κ3) is 3.86. The zero-order valence-electron chi connectivity index (χ0n) is 12.4. The first kappa shape index (κ1) is 20.2. The summed E-state index contributed by atoms with van der Waals surface area (Å²) >= 11 is 8.31. The number of aromatic nitrogens is 2. The summed E-state index contributed by atoms with van der Waals surface area (Å²) < 4.78 is 89.0. The smallest absolute Gasteiger partial charge is 0.578 e. The molecular formula is C13H8Cl2F6N2OS. The zero-order chi connectivity index (χ0) is 19.3. The second kappa shape index (κ2) is 6.57. The molecule has 0 spiro atoms. The first-order valence-electron chi connectivity index (χ1n) is 6.36. The Morgan fingerprint density at radius 2 is 1.52 bits per heavy atom. The lowest BCUT2D eigenvalue weighted by atomic mass is 10.2. The standard InChI is InChI=1S/C13H8Cl2F6N2OS/c1-5-11(25(24)13(19,20)21)6(2)23(22-5)10-8(14)3-7(4-9(10)15)12(16,17)18/h3-4H,1-2H3. The predicted molar refractivity (Wildman–Crippen MR) is 80.5 cm³/mol. The van der Waals surface area contributed by atoms with Crippen molar-refractivity contribution in [1.82, 2.24) is 9.78 Å². The van der Waals surface area contributed by atoms with Gasteiger partial charge in [-0.1, -0.05) is 23.2 Å². The Bertz CT molecular complexity index is 795. The van der Waals surface area contributed by atoms with Crippen LogP contribution in [0.2, 0.25) is 10.0 Å². The van der Waals surface area contributed by atoms with Crippen LogP contribution < -0.4 is 0 Å². The molecule has 0 aliphatic carbocycles. The molecule has 0 saturated carbocycles. The Morgan fingerprint density at radius 3 is 1.92 bits per heavy atom. The van der Waals surface area contributed by atoms with Crippen LogP contribution in [0.4, 0.5) is 26.3 Å². The molecule has 12 heteroatoms. The van der Waals surface area contributed by atoms with Crippen molar-refractivity contribution in [1.29, 1.82) is 0 Å². The van der Waals surface area contributed by atoms with Crippen LogP contribution in [0, 0.1) is 13.8 Å². The third-order valence-corrected chi connectivity index (χ3v) is 5.13.